The van der Waals surface area contributed by atoms with Crippen molar-refractivity contribution in [3.63, 3.8) is 0 Å². The number of amides is 3. The van der Waals surface area contributed by atoms with Crippen molar-refractivity contribution in [1.29, 1.82) is 0 Å². The van der Waals surface area contributed by atoms with Gasteiger partial charge in [-0.1, -0.05) is 38.8 Å². The smallest absolute Gasteiger partial charge is 0.325 e. The molecule has 1 aromatic heterocycles. The molecule has 1 aliphatic heterocycles. The van der Waals surface area contributed by atoms with E-state index in [2.05, 4.69) is 5.32 Å². The van der Waals surface area contributed by atoms with E-state index in [1.165, 1.54) is 12.1 Å². The molecule has 31 heavy (non-hydrogen) atoms. The number of benzene rings is 1. The number of aromatic nitrogens is 1. The summed E-state index contributed by atoms with van der Waals surface area (Å²) < 4.78 is 15.2. The largest absolute Gasteiger partial charge is 0.344 e. The fraction of sp³-hybridized carbons (Fsp3) is 0.458. The van der Waals surface area contributed by atoms with Crippen LogP contribution in [0.1, 0.15) is 66.8 Å². The highest BCUT2D eigenvalue weighted by molar-refractivity contribution is 6.11. The van der Waals surface area contributed by atoms with Crippen LogP contribution < -0.4 is 5.32 Å². The monoisotopic (exact) mass is 427 g/mol. The SMILES string of the molecule is CCCC1(CCC)NC(=O)N(CC(=O)c2cc(C)n(Cc3ccc(F)cc3)c2C)C1=O. The number of hydrogen-bond acceptors (Lipinski definition) is 3. The Morgan fingerprint density at radius 3 is 2.26 bits per heavy atom. The molecule has 166 valence electrons. The first-order valence-electron chi connectivity index (χ1n) is 10.8. The molecule has 0 atom stereocenters. The van der Waals surface area contributed by atoms with E-state index in [-0.39, 0.29) is 24.1 Å². The molecule has 0 spiro atoms. The van der Waals surface area contributed by atoms with Gasteiger partial charge in [-0.3, -0.25) is 14.5 Å². The number of nitrogens with zero attached hydrogens (tertiary/aromatic N) is 2. The van der Waals surface area contributed by atoms with E-state index in [9.17, 15) is 18.8 Å². The zero-order valence-corrected chi connectivity index (χ0v) is 18.6. The van der Waals surface area contributed by atoms with E-state index in [1.807, 2.05) is 32.3 Å². The second-order valence-electron chi connectivity index (χ2n) is 8.32. The molecule has 2 heterocycles. The summed E-state index contributed by atoms with van der Waals surface area (Å²) in [6.07, 6.45) is 2.64. The van der Waals surface area contributed by atoms with Crippen molar-refractivity contribution < 1.29 is 18.8 Å². The Hall–Kier alpha value is -2.96. The van der Waals surface area contributed by atoms with Crippen LogP contribution in [0, 0.1) is 19.7 Å². The van der Waals surface area contributed by atoms with Crippen LogP contribution in [-0.4, -0.2) is 39.3 Å². The van der Waals surface area contributed by atoms with E-state index in [0.717, 1.165) is 34.7 Å². The molecular weight excluding hydrogens is 397 g/mol. The minimum Gasteiger partial charge on any atom is -0.344 e. The lowest BCUT2D eigenvalue weighted by Crippen LogP contribution is -2.47. The third kappa shape index (κ3) is 4.40. The van der Waals surface area contributed by atoms with E-state index < -0.39 is 11.6 Å². The lowest BCUT2D eigenvalue weighted by atomic mass is 9.88. The van der Waals surface area contributed by atoms with Crippen LogP contribution in [0.15, 0.2) is 30.3 Å². The molecule has 0 saturated carbocycles. The minimum atomic E-state index is -0.902. The Balaban J connectivity index is 1.80. The average molecular weight is 428 g/mol. The van der Waals surface area contributed by atoms with Crippen LogP contribution in [0.3, 0.4) is 0 Å². The van der Waals surface area contributed by atoms with E-state index in [1.54, 1.807) is 18.2 Å². The number of Topliss-reactive ketones (excluding diaryl/α,β-unsaturated/α-hetero) is 1. The third-order valence-corrected chi connectivity index (χ3v) is 6.03. The Morgan fingerprint density at radius 1 is 1.06 bits per heavy atom. The van der Waals surface area contributed by atoms with E-state index in [0.29, 0.717) is 24.9 Å². The zero-order chi connectivity index (χ0) is 22.8. The van der Waals surface area contributed by atoms with Crippen molar-refractivity contribution >= 4 is 17.7 Å². The summed E-state index contributed by atoms with van der Waals surface area (Å²) >= 11 is 0. The molecule has 3 amide bonds. The van der Waals surface area contributed by atoms with Crippen LogP contribution in [0.25, 0.3) is 0 Å². The Labute approximate surface area is 182 Å². The summed E-state index contributed by atoms with van der Waals surface area (Å²) in [6.45, 7) is 7.91. The summed E-state index contributed by atoms with van der Waals surface area (Å²) in [6, 6.07) is 7.53. The molecule has 3 rings (SSSR count). The number of nitrogens with one attached hydrogen (secondary N) is 1. The number of imide groups is 1. The average Bonchev–Trinajstić information content (AvgIpc) is 3.13. The first-order valence-corrected chi connectivity index (χ1v) is 10.8. The molecule has 1 aromatic carbocycles. The zero-order valence-electron chi connectivity index (χ0n) is 18.6. The second kappa shape index (κ2) is 9.04. The molecule has 1 fully saturated rings. The van der Waals surface area contributed by atoms with Crippen LogP contribution in [0.2, 0.25) is 0 Å². The predicted octanol–water partition coefficient (Wildman–Crippen LogP) is 4.37. The normalized spacial score (nSPS) is 15.5. The lowest BCUT2D eigenvalue weighted by Gasteiger charge is -2.25. The van der Waals surface area contributed by atoms with Gasteiger partial charge in [0.2, 0.25) is 0 Å². The van der Waals surface area contributed by atoms with Gasteiger partial charge in [-0.2, -0.15) is 0 Å². The standard InChI is InChI=1S/C24H30FN3O3/c1-5-11-24(12-6-2)22(30)28(23(31)26-24)15-21(29)20-13-16(3)27(17(20)4)14-18-7-9-19(25)10-8-18/h7-10,13H,5-6,11-12,14-15H2,1-4H3,(H,26,31). The summed E-state index contributed by atoms with van der Waals surface area (Å²) in [5.74, 6) is -0.878. The van der Waals surface area contributed by atoms with Gasteiger partial charge in [0, 0.05) is 23.5 Å². The number of urea groups is 1. The fourth-order valence-corrected chi connectivity index (χ4v) is 4.47. The topological polar surface area (TPSA) is 71.4 Å². The number of hydrogen-bond donors (Lipinski definition) is 1. The summed E-state index contributed by atoms with van der Waals surface area (Å²) in [7, 11) is 0. The van der Waals surface area contributed by atoms with Crippen LogP contribution in [0.4, 0.5) is 9.18 Å². The van der Waals surface area contributed by atoms with Gasteiger partial charge in [-0.15, -0.1) is 0 Å². The van der Waals surface area contributed by atoms with Crippen molar-refractivity contribution in [3.05, 3.63) is 58.7 Å². The van der Waals surface area contributed by atoms with Gasteiger partial charge in [0.05, 0.1) is 6.54 Å². The molecule has 6 nitrogen and oxygen atoms in total. The molecule has 7 heteroatoms. The van der Waals surface area contributed by atoms with E-state index in [4.69, 9.17) is 0 Å². The first-order chi connectivity index (χ1) is 14.7. The molecule has 0 radical (unpaired) electrons. The summed E-state index contributed by atoms with van der Waals surface area (Å²) in [5, 5.41) is 2.84. The van der Waals surface area contributed by atoms with Crippen LogP contribution >= 0.6 is 0 Å². The van der Waals surface area contributed by atoms with Gasteiger partial charge >= 0.3 is 6.03 Å². The number of halogens is 1. The van der Waals surface area contributed by atoms with Crippen molar-refractivity contribution in [1.82, 2.24) is 14.8 Å². The maximum atomic E-state index is 13.2. The van der Waals surface area contributed by atoms with Crippen molar-refractivity contribution in [2.45, 2.75) is 65.5 Å². The highest BCUT2D eigenvalue weighted by atomic mass is 19.1. The van der Waals surface area contributed by atoms with Gasteiger partial charge in [0.15, 0.2) is 5.78 Å². The Kier molecular flexibility index (Phi) is 6.62. The number of rotatable bonds is 9. The predicted molar refractivity (Wildman–Crippen MR) is 117 cm³/mol. The first kappa shape index (κ1) is 22.7. The summed E-state index contributed by atoms with van der Waals surface area (Å²) in [4.78, 5) is 39.7. The summed E-state index contributed by atoms with van der Waals surface area (Å²) in [5.41, 5.74) is 2.14. The molecule has 1 N–H and O–H groups in total. The van der Waals surface area contributed by atoms with Crippen molar-refractivity contribution in [3.8, 4) is 0 Å². The van der Waals surface area contributed by atoms with Gasteiger partial charge in [0.1, 0.15) is 11.4 Å². The quantitative estimate of drug-likeness (QED) is 0.477. The molecule has 1 saturated heterocycles. The lowest BCUT2D eigenvalue weighted by molar-refractivity contribution is -0.131. The maximum absolute atomic E-state index is 13.2. The second-order valence-corrected chi connectivity index (χ2v) is 8.32. The van der Waals surface area contributed by atoms with Crippen molar-refractivity contribution in [2.24, 2.45) is 0 Å². The van der Waals surface area contributed by atoms with Gasteiger partial charge in [-0.25, -0.2) is 9.18 Å². The van der Waals surface area contributed by atoms with Crippen molar-refractivity contribution in [2.75, 3.05) is 6.54 Å². The maximum Gasteiger partial charge on any atom is 0.325 e. The number of ketones is 1. The van der Waals surface area contributed by atoms with Gasteiger partial charge in [0.25, 0.3) is 5.91 Å². The number of carbonyl (C=O) groups excluding carboxylic acids is 3. The molecule has 1 aliphatic rings. The molecule has 2 aromatic rings. The Bertz CT molecular complexity index is 988. The molecular formula is C24H30FN3O3. The third-order valence-electron chi connectivity index (χ3n) is 6.03. The highest BCUT2D eigenvalue weighted by Crippen LogP contribution is 2.28. The molecule has 0 aliphatic carbocycles. The van der Waals surface area contributed by atoms with Gasteiger partial charge in [-0.05, 0) is 50.5 Å². The van der Waals surface area contributed by atoms with E-state index >= 15 is 0 Å². The van der Waals surface area contributed by atoms with Crippen LogP contribution in [-0.2, 0) is 11.3 Å². The molecule has 0 bridgehead atoms. The highest BCUT2D eigenvalue weighted by Gasteiger charge is 2.50. The number of aryl methyl sites for hydroxylation is 1. The minimum absolute atomic E-state index is 0.272. The molecule has 0 unspecified atom stereocenters. The number of carbonyl (C=O) groups is 3. The Morgan fingerprint density at radius 2 is 1.68 bits per heavy atom. The van der Waals surface area contributed by atoms with Crippen LogP contribution in [0.5, 0.6) is 0 Å². The van der Waals surface area contributed by atoms with Gasteiger partial charge < -0.3 is 9.88 Å². The fourth-order valence-electron chi connectivity index (χ4n) is 4.47.